The second-order valence-electron chi connectivity index (χ2n) is 12.7. The molecule has 1 heterocycles. The molecule has 1 aliphatic heterocycles. The van der Waals surface area contributed by atoms with Crippen molar-refractivity contribution in [2.45, 2.75) is 56.4 Å². The number of hydrogen-bond acceptors (Lipinski definition) is 7. The fourth-order valence-electron chi connectivity index (χ4n) is 6.13. The average Bonchev–Trinajstić information content (AvgIpc) is 3.15. The Bertz CT molecular complexity index is 1890. The normalized spacial score (nSPS) is 15.3. The molecule has 4 atom stereocenters. The van der Waals surface area contributed by atoms with Crippen LogP contribution in [-0.2, 0) is 56.2 Å². The number of carboxylic acid groups (broad SMARTS) is 1. The molecule has 270 valence electrons. The third kappa shape index (κ3) is 10.0. The second-order valence-corrected chi connectivity index (χ2v) is 13.2. The Morgan fingerprint density at radius 1 is 0.750 bits per heavy atom. The summed E-state index contributed by atoms with van der Waals surface area (Å²) in [5.41, 5.74) is 10.7. The van der Waals surface area contributed by atoms with Gasteiger partial charge in [-0.1, -0.05) is 94.8 Å². The average molecular weight is 771 g/mol. The van der Waals surface area contributed by atoms with Gasteiger partial charge in [-0.3, -0.25) is 19.2 Å². The second kappa shape index (κ2) is 17.6. The maximum Gasteiger partial charge on any atom is 0.326 e. The molecule has 7 N–H and O–H groups in total. The van der Waals surface area contributed by atoms with E-state index in [-0.39, 0.29) is 49.2 Å². The molecule has 5 rings (SSSR count). The molecule has 0 aromatic heterocycles. The van der Waals surface area contributed by atoms with E-state index in [2.05, 4.69) is 31.9 Å². The van der Waals surface area contributed by atoms with Gasteiger partial charge in [0.05, 0.1) is 11.4 Å². The van der Waals surface area contributed by atoms with Gasteiger partial charge in [-0.15, -0.1) is 0 Å². The molecule has 13 heteroatoms. The third-order valence-electron chi connectivity index (χ3n) is 8.87. The molecule has 0 saturated heterocycles. The van der Waals surface area contributed by atoms with Crippen LogP contribution in [0.25, 0.3) is 0 Å². The molecule has 0 radical (unpaired) electrons. The summed E-state index contributed by atoms with van der Waals surface area (Å²) in [5, 5.41) is 28.0. The van der Waals surface area contributed by atoms with E-state index in [1.807, 2.05) is 24.3 Å². The van der Waals surface area contributed by atoms with Crippen LogP contribution in [0.5, 0.6) is 5.75 Å². The van der Waals surface area contributed by atoms with E-state index in [0.29, 0.717) is 16.8 Å². The molecular formula is C39H40BrN5O7. The quantitative estimate of drug-likeness (QED) is 0.106. The minimum atomic E-state index is -1.28. The van der Waals surface area contributed by atoms with Gasteiger partial charge in [-0.05, 0) is 58.5 Å². The first-order valence-electron chi connectivity index (χ1n) is 16.7. The van der Waals surface area contributed by atoms with Crippen LogP contribution in [0.4, 0.5) is 5.69 Å². The van der Waals surface area contributed by atoms with Gasteiger partial charge in [0, 0.05) is 31.5 Å². The number of halogens is 1. The molecule has 52 heavy (non-hydrogen) atoms. The Balaban J connectivity index is 1.40. The summed E-state index contributed by atoms with van der Waals surface area (Å²) in [4.78, 5) is 67.6. The number of amides is 4. The number of aliphatic carboxylic acids is 1. The lowest BCUT2D eigenvalue weighted by Gasteiger charge is -2.38. The van der Waals surface area contributed by atoms with Crippen molar-refractivity contribution in [1.82, 2.24) is 15.5 Å². The predicted octanol–water partition coefficient (Wildman–Crippen LogP) is 3.09. The zero-order chi connectivity index (χ0) is 37.2. The zero-order valence-electron chi connectivity index (χ0n) is 28.2. The number of nitrogens with two attached hydrogens (primary N) is 1. The van der Waals surface area contributed by atoms with E-state index in [1.54, 1.807) is 66.7 Å². The lowest BCUT2D eigenvalue weighted by molar-refractivity contribution is -0.144. The smallest absolute Gasteiger partial charge is 0.326 e. The summed E-state index contributed by atoms with van der Waals surface area (Å²) >= 11 is 3.11. The van der Waals surface area contributed by atoms with E-state index in [0.717, 1.165) is 16.7 Å². The summed E-state index contributed by atoms with van der Waals surface area (Å²) in [6.07, 6.45) is 0.340. The molecule has 4 aromatic carbocycles. The lowest BCUT2D eigenvalue weighted by atomic mass is 9.92. The number of benzene rings is 4. The maximum atomic E-state index is 14.2. The van der Waals surface area contributed by atoms with Gasteiger partial charge < -0.3 is 36.8 Å². The third-order valence-corrected chi connectivity index (χ3v) is 9.38. The van der Waals surface area contributed by atoms with E-state index in [4.69, 9.17) is 5.73 Å². The summed E-state index contributed by atoms with van der Waals surface area (Å²) < 4.78 is 0. The lowest BCUT2D eigenvalue weighted by Crippen LogP contribution is -2.60. The van der Waals surface area contributed by atoms with Crippen molar-refractivity contribution in [2.75, 3.05) is 10.6 Å². The molecule has 12 nitrogen and oxygen atoms in total. The largest absolute Gasteiger partial charge is 0.508 e. The van der Waals surface area contributed by atoms with E-state index in [9.17, 15) is 34.2 Å². The zero-order valence-corrected chi connectivity index (χ0v) is 29.8. The number of anilines is 1. The van der Waals surface area contributed by atoms with Crippen molar-refractivity contribution in [1.29, 1.82) is 0 Å². The van der Waals surface area contributed by atoms with Crippen molar-refractivity contribution in [3.63, 3.8) is 0 Å². The number of phenolic OH excluding ortho intramolecular Hbond substituents is 1. The Morgan fingerprint density at radius 3 is 1.98 bits per heavy atom. The van der Waals surface area contributed by atoms with Crippen molar-refractivity contribution in [3.8, 4) is 5.75 Å². The topological polar surface area (TPSA) is 191 Å². The molecule has 0 spiro atoms. The maximum absolute atomic E-state index is 14.2. The van der Waals surface area contributed by atoms with Crippen molar-refractivity contribution < 1.29 is 34.2 Å². The summed E-state index contributed by atoms with van der Waals surface area (Å²) in [6, 6.07) is 24.9. The number of hydrogen-bond donors (Lipinski definition) is 6. The van der Waals surface area contributed by atoms with Crippen LogP contribution in [0.15, 0.2) is 103 Å². The standard InChI is InChI=1S/C39H40BrN5O7/c40-22-35(47)42-29-14-10-26(11-15-29)19-32(36(48)44-33(39(51)52)20-24-6-2-1-3-7-24)43-37(49)34-21-27-8-4-5-9-28(27)23-45(34)38(50)31(41)18-25-12-16-30(46)17-13-25/h1-17,31-34,46H,18-23,41H2,(H,42,47)(H,43,49)(H,44,48)(H,51,52)/t31-,32-,33-,34-/m0/s1. The molecule has 0 fully saturated rings. The molecule has 0 aliphatic carbocycles. The van der Waals surface area contributed by atoms with Gasteiger partial charge >= 0.3 is 5.97 Å². The minimum absolute atomic E-state index is 0.0143. The van der Waals surface area contributed by atoms with Gasteiger partial charge in [0.1, 0.15) is 23.9 Å². The van der Waals surface area contributed by atoms with Crippen LogP contribution in [0.2, 0.25) is 0 Å². The summed E-state index contributed by atoms with van der Waals surface area (Å²) in [5.74, 6) is -3.18. The van der Waals surface area contributed by atoms with E-state index < -0.39 is 47.9 Å². The Labute approximate surface area is 309 Å². The van der Waals surface area contributed by atoms with Crippen LogP contribution in [0.1, 0.15) is 27.8 Å². The molecule has 0 bridgehead atoms. The molecular weight excluding hydrogens is 730 g/mol. The first kappa shape index (κ1) is 37.7. The van der Waals surface area contributed by atoms with Crippen molar-refractivity contribution in [3.05, 3.63) is 131 Å². The van der Waals surface area contributed by atoms with Gasteiger partial charge in [-0.25, -0.2) is 4.79 Å². The molecule has 1 aliphatic rings. The first-order valence-corrected chi connectivity index (χ1v) is 17.9. The summed E-state index contributed by atoms with van der Waals surface area (Å²) in [7, 11) is 0. The predicted molar refractivity (Wildman–Crippen MR) is 198 cm³/mol. The first-order chi connectivity index (χ1) is 25.0. The van der Waals surface area contributed by atoms with E-state index in [1.165, 1.54) is 17.0 Å². The molecule has 0 saturated carbocycles. The number of phenols is 1. The van der Waals surface area contributed by atoms with E-state index >= 15 is 0 Å². The number of nitrogens with one attached hydrogen (secondary N) is 3. The van der Waals surface area contributed by atoms with Gasteiger partial charge in [0.25, 0.3) is 0 Å². The Hall–Kier alpha value is -5.53. The van der Waals surface area contributed by atoms with Gasteiger partial charge in [0.2, 0.25) is 23.6 Å². The highest BCUT2D eigenvalue weighted by atomic mass is 79.9. The van der Waals surface area contributed by atoms with Crippen LogP contribution in [0.3, 0.4) is 0 Å². The van der Waals surface area contributed by atoms with Crippen molar-refractivity contribution in [2.24, 2.45) is 5.73 Å². The molecule has 0 unspecified atom stereocenters. The van der Waals surface area contributed by atoms with Crippen molar-refractivity contribution >= 4 is 51.2 Å². The Morgan fingerprint density at radius 2 is 1.33 bits per heavy atom. The highest BCUT2D eigenvalue weighted by Gasteiger charge is 2.38. The van der Waals surface area contributed by atoms with Gasteiger partial charge in [-0.2, -0.15) is 0 Å². The Kier molecular flexibility index (Phi) is 12.8. The number of carbonyl (C=O) groups excluding carboxylic acids is 4. The van der Waals surface area contributed by atoms with Crippen LogP contribution >= 0.6 is 15.9 Å². The highest BCUT2D eigenvalue weighted by molar-refractivity contribution is 9.09. The fourth-order valence-corrected chi connectivity index (χ4v) is 6.27. The highest BCUT2D eigenvalue weighted by Crippen LogP contribution is 2.25. The number of fused-ring (bicyclic) bond motifs is 1. The van der Waals surface area contributed by atoms with Gasteiger partial charge in [0.15, 0.2) is 0 Å². The SMILES string of the molecule is N[C@@H](Cc1ccc(O)cc1)C(=O)N1Cc2ccccc2C[C@H]1C(=O)N[C@@H](Cc1ccc(NC(=O)CBr)cc1)C(=O)N[C@@H](Cc1ccccc1)C(=O)O. The number of carboxylic acids is 1. The molecule has 4 aromatic rings. The minimum Gasteiger partial charge on any atom is -0.508 e. The van der Waals surface area contributed by atoms with Crippen LogP contribution in [-0.4, -0.2) is 74.2 Å². The number of aromatic hydroxyl groups is 1. The number of carbonyl (C=O) groups is 5. The van der Waals surface area contributed by atoms with Crippen LogP contribution < -0.4 is 21.7 Å². The fraction of sp³-hybridized carbons (Fsp3) is 0.256. The number of nitrogens with zero attached hydrogens (tertiary/aromatic N) is 1. The molecule has 4 amide bonds. The number of alkyl halides is 1. The number of rotatable bonds is 14. The monoisotopic (exact) mass is 769 g/mol. The summed E-state index contributed by atoms with van der Waals surface area (Å²) in [6.45, 7) is 0.118. The van der Waals surface area contributed by atoms with Crippen LogP contribution in [0, 0.1) is 0 Å².